The van der Waals surface area contributed by atoms with Crippen molar-refractivity contribution >= 4 is 13.6 Å². The summed E-state index contributed by atoms with van der Waals surface area (Å²) in [6.07, 6.45) is 5.91. The third kappa shape index (κ3) is 5.05. The second-order valence-electron chi connectivity index (χ2n) is 6.56. The van der Waals surface area contributed by atoms with Crippen LogP contribution in [0.5, 0.6) is 0 Å². The lowest BCUT2D eigenvalue weighted by atomic mass is 9.68. The van der Waals surface area contributed by atoms with E-state index in [1.165, 1.54) is 0 Å². The Morgan fingerprint density at radius 2 is 1.83 bits per heavy atom. The number of rotatable bonds is 8. The Labute approximate surface area is 146 Å². The van der Waals surface area contributed by atoms with E-state index >= 15 is 0 Å². The van der Waals surface area contributed by atoms with Gasteiger partial charge in [0.2, 0.25) is 0 Å². The summed E-state index contributed by atoms with van der Waals surface area (Å²) >= 11 is 0. The molecule has 0 saturated carbocycles. The molecule has 5 nitrogen and oxygen atoms in total. The normalized spacial score (nSPS) is 21.3. The summed E-state index contributed by atoms with van der Waals surface area (Å²) in [4.78, 5) is 12.5. The molecule has 1 atom stereocenters. The van der Waals surface area contributed by atoms with Gasteiger partial charge >= 0.3 is 13.6 Å². The summed E-state index contributed by atoms with van der Waals surface area (Å²) in [6, 6.07) is 0. The molecule has 0 fully saturated rings. The van der Waals surface area contributed by atoms with Crippen LogP contribution in [-0.4, -0.2) is 25.8 Å². The fourth-order valence-corrected chi connectivity index (χ4v) is 4.73. The topological polar surface area (TPSA) is 61.8 Å². The highest BCUT2D eigenvalue weighted by Gasteiger charge is 2.40. The van der Waals surface area contributed by atoms with E-state index in [2.05, 4.69) is 19.9 Å². The number of esters is 1. The van der Waals surface area contributed by atoms with Crippen molar-refractivity contribution in [3.8, 4) is 0 Å². The number of hydrogen-bond donors (Lipinski definition) is 0. The SMILES string of the molecule is CCOC(=O)/C(=C/C1C(C)=CCCC1(C)C)P(=O)(OCC)OCC. The van der Waals surface area contributed by atoms with Gasteiger partial charge in [0.1, 0.15) is 5.31 Å². The Hall–Kier alpha value is -0.900. The minimum absolute atomic E-state index is 0.0140. The predicted octanol–water partition coefficient (Wildman–Crippen LogP) is 5.08. The van der Waals surface area contributed by atoms with Crippen molar-refractivity contribution < 1.29 is 23.1 Å². The number of carbonyl (C=O) groups is 1. The van der Waals surface area contributed by atoms with Gasteiger partial charge in [0.15, 0.2) is 0 Å². The smallest absolute Gasteiger partial charge is 0.368 e. The van der Waals surface area contributed by atoms with E-state index in [4.69, 9.17) is 13.8 Å². The monoisotopic (exact) mass is 358 g/mol. The van der Waals surface area contributed by atoms with E-state index in [0.717, 1.165) is 18.4 Å². The van der Waals surface area contributed by atoms with Gasteiger partial charge in [0.25, 0.3) is 0 Å². The van der Waals surface area contributed by atoms with E-state index in [1.54, 1.807) is 26.8 Å². The molecule has 0 heterocycles. The zero-order valence-corrected chi connectivity index (χ0v) is 16.7. The van der Waals surface area contributed by atoms with Gasteiger partial charge in [-0.25, -0.2) is 4.79 Å². The first-order valence-electron chi connectivity index (χ1n) is 8.67. The number of allylic oxidation sites excluding steroid dienone is 3. The molecule has 0 spiro atoms. The van der Waals surface area contributed by atoms with Crippen LogP contribution >= 0.6 is 7.60 Å². The zero-order chi connectivity index (χ0) is 18.4. The Bertz CT molecular complexity index is 538. The highest BCUT2D eigenvalue weighted by atomic mass is 31.2. The third-order valence-corrected chi connectivity index (χ3v) is 6.41. The number of ether oxygens (including phenoxy) is 1. The van der Waals surface area contributed by atoms with Crippen LogP contribution in [-0.2, 0) is 23.1 Å². The summed E-state index contributed by atoms with van der Waals surface area (Å²) in [5, 5.41) is 0.0146. The lowest BCUT2D eigenvalue weighted by Gasteiger charge is -2.37. The Morgan fingerprint density at radius 3 is 2.29 bits per heavy atom. The van der Waals surface area contributed by atoms with Crippen molar-refractivity contribution in [1.82, 2.24) is 0 Å². The van der Waals surface area contributed by atoms with E-state index in [-0.39, 0.29) is 36.5 Å². The van der Waals surface area contributed by atoms with Crippen molar-refractivity contribution in [3.05, 3.63) is 23.0 Å². The predicted molar refractivity (Wildman–Crippen MR) is 95.8 cm³/mol. The maximum Gasteiger partial charge on any atom is 0.368 e. The summed E-state index contributed by atoms with van der Waals surface area (Å²) in [5.74, 6) is -0.642. The molecule has 0 aromatic carbocycles. The summed E-state index contributed by atoms with van der Waals surface area (Å²) < 4.78 is 29.1. The van der Waals surface area contributed by atoms with Gasteiger partial charge in [-0.1, -0.05) is 31.6 Å². The molecule has 0 aliphatic heterocycles. The minimum atomic E-state index is -3.71. The molecule has 0 amide bonds. The van der Waals surface area contributed by atoms with E-state index in [1.807, 2.05) is 6.92 Å². The maximum atomic E-state index is 13.2. The Morgan fingerprint density at radius 1 is 1.25 bits per heavy atom. The average Bonchev–Trinajstić information content (AvgIpc) is 2.46. The molecule has 24 heavy (non-hydrogen) atoms. The lowest BCUT2D eigenvalue weighted by Crippen LogP contribution is -2.27. The molecule has 1 aliphatic rings. The van der Waals surface area contributed by atoms with Crippen LogP contribution < -0.4 is 0 Å². The first-order chi connectivity index (χ1) is 11.2. The van der Waals surface area contributed by atoms with Crippen molar-refractivity contribution in [2.75, 3.05) is 19.8 Å². The lowest BCUT2D eigenvalue weighted by molar-refractivity contribution is -0.137. The molecule has 1 aliphatic carbocycles. The average molecular weight is 358 g/mol. The van der Waals surface area contributed by atoms with Gasteiger partial charge < -0.3 is 13.8 Å². The second kappa shape index (κ2) is 8.98. The van der Waals surface area contributed by atoms with Gasteiger partial charge in [0, 0.05) is 5.92 Å². The largest absolute Gasteiger partial charge is 0.462 e. The van der Waals surface area contributed by atoms with Crippen LogP contribution in [0.1, 0.15) is 54.4 Å². The standard InChI is InChI=1S/C18H31O5P/c1-7-21-17(19)16(24(20,22-8-2)23-9-3)13-15-14(4)11-10-12-18(15,5)6/h11,13,15H,7-10,12H2,1-6H3/b16-13-. The molecule has 0 aromatic rings. The first-order valence-corrected chi connectivity index (χ1v) is 10.2. The highest BCUT2D eigenvalue weighted by Crippen LogP contribution is 2.58. The molecule has 0 saturated heterocycles. The minimum Gasteiger partial charge on any atom is -0.462 e. The van der Waals surface area contributed by atoms with Gasteiger partial charge in [0.05, 0.1) is 19.8 Å². The highest BCUT2D eigenvalue weighted by molar-refractivity contribution is 7.59. The quantitative estimate of drug-likeness (QED) is 0.262. The van der Waals surface area contributed by atoms with Gasteiger partial charge in [-0.2, -0.15) is 0 Å². The summed E-state index contributed by atoms with van der Waals surface area (Å²) in [5.41, 5.74) is 1.12. The number of carbonyl (C=O) groups excluding carboxylic acids is 1. The first kappa shape index (κ1) is 21.1. The molecular weight excluding hydrogens is 327 g/mol. The van der Waals surface area contributed by atoms with Gasteiger partial charge in [-0.3, -0.25) is 4.57 Å². The van der Waals surface area contributed by atoms with E-state index < -0.39 is 13.6 Å². The second-order valence-corrected chi connectivity index (χ2v) is 8.55. The van der Waals surface area contributed by atoms with Crippen molar-refractivity contribution in [2.24, 2.45) is 11.3 Å². The van der Waals surface area contributed by atoms with Crippen LogP contribution in [0, 0.1) is 11.3 Å². The fraction of sp³-hybridized carbons (Fsp3) is 0.722. The van der Waals surface area contributed by atoms with E-state index in [9.17, 15) is 9.36 Å². The van der Waals surface area contributed by atoms with Crippen molar-refractivity contribution in [1.29, 1.82) is 0 Å². The number of hydrogen-bond acceptors (Lipinski definition) is 5. The molecule has 0 bridgehead atoms. The molecule has 6 heteroatoms. The molecule has 1 unspecified atom stereocenters. The Balaban J connectivity index is 3.41. The van der Waals surface area contributed by atoms with Crippen LogP contribution in [0.15, 0.2) is 23.0 Å². The van der Waals surface area contributed by atoms with Gasteiger partial charge in [-0.15, -0.1) is 0 Å². The zero-order valence-electron chi connectivity index (χ0n) is 15.8. The fourth-order valence-electron chi connectivity index (χ4n) is 3.08. The molecule has 0 radical (unpaired) electrons. The van der Waals surface area contributed by atoms with E-state index in [0.29, 0.717) is 0 Å². The summed E-state index contributed by atoms with van der Waals surface area (Å²) in [7, 11) is -3.71. The van der Waals surface area contributed by atoms with Crippen molar-refractivity contribution in [2.45, 2.75) is 54.4 Å². The van der Waals surface area contributed by atoms with Crippen LogP contribution in [0.2, 0.25) is 0 Å². The van der Waals surface area contributed by atoms with Crippen LogP contribution in [0.4, 0.5) is 0 Å². The Kier molecular flexibility index (Phi) is 7.91. The summed E-state index contributed by atoms with van der Waals surface area (Å²) in [6.45, 7) is 12.1. The third-order valence-electron chi connectivity index (χ3n) is 4.29. The molecule has 0 aromatic heterocycles. The molecule has 1 rings (SSSR count). The molecular formula is C18H31O5P. The molecule has 0 N–H and O–H groups in total. The molecule has 138 valence electrons. The van der Waals surface area contributed by atoms with Crippen molar-refractivity contribution in [3.63, 3.8) is 0 Å². The maximum absolute atomic E-state index is 13.2. The van der Waals surface area contributed by atoms with Crippen LogP contribution in [0.3, 0.4) is 0 Å². The van der Waals surface area contributed by atoms with Gasteiger partial charge in [-0.05, 0) is 46.0 Å². The van der Waals surface area contributed by atoms with Crippen LogP contribution in [0.25, 0.3) is 0 Å².